The molecule has 11 nitrogen and oxygen atoms in total. The maximum Gasteiger partial charge on any atom is 0.287 e. The fourth-order valence-electron chi connectivity index (χ4n) is 2.83. The first-order valence-corrected chi connectivity index (χ1v) is 10.9. The molecule has 1 aliphatic heterocycles. The predicted molar refractivity (Wildman–Crippen MR) is 126 cm³/mol. The lowest BCUT2D eigenvalue weighted by molar-refractivity contribution is -0.384. The second-order valence-corrected chi connectivity index (χ2v) is 7.99. The number of halogens is 3. The molecule has 2 aromatic rings. The smallest absolute Gasteiger partial charge is 0.287 e. The fraction of sp³-hybridized carbons (Fsp3) is 0.300. The number of amides is 1. The van der Waals surface area contributed by atoms with Gasteiger partial charge in [0.15, 0.2) is 0 Å². The molecule has 0 bridgehead atoms. The molecule has 1 fully saturated rings. The molecular formula is C20H19Cl3N4O7. The quantitative estimate of drug-likeness (QED) is 0.320. The van der Waals surface area contributed by atoms with Crippen molar-refractivity contribution in [1.29, 1.82) is 0 Å². The molecule has 1 saturated heterocycles. The Labute approximate surface area is 208 Å². The molecule has 182 valence electrons. The van der Waals surface area contributed by atoms with Crippen molar-refractivity contribution in [2.24, 2.45) is 0 Å². The number of nitrogens with one attached hydrogen (secondary N) is 1. The standard InChI is InChI=1S/C13H16ClN3O4.C7H3Cl2NO3/c14-11-9-10(1-2-12(11)17(19)20)13(18)15-3-4-16-5-7-21-8-6-16;8-5-3-4(7(9)11)1-2-6(5)10(12)13/h1-2,9H,3-8H2,(H,15,18);1-3H. The van der Waals surface area contributed by atoms with E-state index in [-0.39, 0.29) is 32.9 Å². The average molecular weight is 534 g/mol. The molecular weight excluding hydrogens is 515 g/mol. The van der Waals surface area contributed by atoms with Crippen LogP contribution in [0, 0.1) is 20.2 Å². The second kappa shape index (κ2) is 13.2. The van der Waals surface area contributed by atoms with Gasteiger partial charge in [0.2, 0.25) is 0 Å². The van der Waals surface area contributed by atoms with Gasteiger partial charge in [-0.15, -0.1) is 0 Å². The number of nitrogens with zero attached hydrogens (tertiary/aromatic N) is 3. The van der Waals surface area contributed by atoms with Crippen LogP contribution in [-0.4, -0.2) is 65.3 Å². The molecule has 0 aliphatic carbocycles. The minimum Gasteiger partial charge on any atom is -0.379 e. The third-order valence-electron chi connectivity index (χ3n) is 4.60. The number of hydrogen-bond acceptors (Lipinski definition) is 8. The average Bonchev–Trinajstić information content (AvgIpc) is 2.79. The lowest BCUT2D eigenvalue weighted by Crippen LogP contribution is -2.41. The van der Waals surface area contributed by atoms with E-state index in [9.17, 15) is 29.8 Å². The van der Waals surface area contributed by atoms with Crippen molar-refractivity contribution < 1.29 is 24.2 Å². The summed E-state index contributed by atoms with van der Waals surface area (Å²) in [6.45, 7) is 4.40. The third-order valence-corrected chi connectivity index (χ3v) is 5.42. The van der Waals surface area contributed by atoms with Gasteiger partial charge < -0.3 is 10.1 Å². The van der Waals surface area contributed by atoms with Crippen LogP contribution in [0.25, 0.3) is 0 Å². The van der Waals surface area contributed by atoms with Gasteiger partial charge >= 0.3 is 0 Å². The molecule has 0 unspecified atom stereocenters. The summed E-state index contributed by atoms with van der Waals surface area (Å²) >= 11 is 16.4. The van der Waals surface area contributed by atoms with Gasteiger partial charge in [0, 0.05) is 49.4 Å². The summed E-state index contributed by atoms with van der Waals surface area (Å²) in [5.74, 6) is -0.292. The number of morpholine rings is 1. The number of rotatable bonds is 7. The van der Waals surface area contributed by atoms with Crippen molar-refractivity contribution in [1.82, 2.24) is 10.2 Å². The summed E-state index contributed by atoms with van der Waals surface area (Å²) in [5.41, 5.74) is -0.00490. The summed E-state index contributed by atoms with van der Waals surface area (Å²) in [4.78, 5) is 44.5. The number of carbonyl (C=O) groups is 2. The van der Waals surface area contributed by atoms with E-state index in [2.05, 4.69) is 10.2 Å². The van der Waals surface area contributed by atoms with Crippen LogP contribution in [-0.2, 0) is 4.74 Å². The Bertz CT molecular complexity index is 1080. The van der Waals surface area contributed by atoms with Crippen LogP contribution in [0.15, 0.2) is 36.4 Å². The molecule has 0 atom stereocenters. The number of benzene rings is 2. The summed E-state index contributed by atoms with van der Waals surface area (Å²) < 4.78 is 5.24. The van der Waals surface area contributed by atoms with E-state index in [0.29, 0.717) is 25.3 Å². The van der Waals surface area contributed by atoms with Crippen molar-refractivity contribution in [2.75, 3.05) is 39.4 Å². The molecule has 2 aromatic carbocycles. The van der Waals surface area contributed by atoms with Gasteiger partial charge in [0.1, 0.15) is 10.0 Å². The summed E-state index contributed by atoms with van der Waals surface area (Å²) in [6, 6.07) is 7.49. The zero-order valence-corrected chi connectivity index (χ0v) is 19.8. The number of carbonyl (C=O) groups excluding carboxylic acids is 2. The predicted octanol–water partition coefficient (Wildman–Crippen LogP) is 3.94. The molecule has 1 N–H and O–H groups in total. The van der Waals surface area contributed by atoms with Gasteiger partial charge in [0.25, 0.3) is 22.5 Å². The Morgan fingerprint density at radius 2 is 1.44 bits per heavy atom. The Hall–Kier alpha value is -2.83. The molecule has 1 heterocycles. The number of hydrogen-bond donors (Lipinski definition) is 1. The van der Waals surface area contributed by atoms with E-state index in [1.54, 1.807) is 0 Å². The Balaban J connectivity index is 0.000000270. The summed E-state index contributed by atoms with van der Waals surface area (Å²) in [7, 11) is 0. The van der Waals surface area contributed by atoms with Crippen LogP contribution in [0.2, 0.25) is 10.0 Å². The van der Waals surface area contributed by atoms with E-state index in [1.165, 1.54) is 24.3 Å². The van der Waals surface area contributed by atoms with Gasteiger partial charge in [-0.25, -0.2) is 0 Å². The van der Waals surface area contributed by atoms with Gasteiger partial charge in [0.05, 0.1) is 23.1 Å². The van der Waals surface area contributed by atoms with Gasteiger partial charge in [-0.1, -0.05) is 23.2 Å². The maximum absolute atomic E-state index is 11.9. The maximum atomic E-state index is 11.9. The molecule has 0 radical (unpaired) electrons. The normalized spacial score (nSPS) is 13.4. The Kier molecular flexibility index (Phi) is 10.6. The van der Waals surface area contributed by atoms with Crippen LogP contribution in [0.1, 0.15) is 20.7 Å². The molecule has 14 heteroatoms. The molecule has 3 rings (SSSR count). The van der Waals surface area contributed by atoms with Crippen molar-refractivity contribution in [3.05, 3.63) is 77.8 Å². The van der Waals surface area contributed by atoms with E-state index >= 15 is 0 Å². The van der Waals surface area contributed by atoms with Crippen LogP contribution in [0.5, 0.6) is 0 Å². The Morgan fingerprint density at radius 1 is 0.941 bits per heavy atom. The zero-order chi connectivity index (χ0) is 25.3. The highest BCUT2D eigenvalue weighted by Crippen LogP contribution is 2.26. The van der Waals surface area contributed by atoms with Gasteiger partial charge in [-0.05, 0) is 35.9 Å². The monoisotopic (exact) mass is 532 g/mol. The van der Waals surface area contributed by atoms with Crippen molar-refractivity contribution in [3.63, 3.8) is 0 Å². The summed E-state index contributed by atoms with van der Waals surface area (Å²) in [6.07, 6.45) is 0. The largest absolute Gasteiger partial charge is 0.379 e. The topological polar surface area (TPSA) is 145 Å². The summed E-state index contributed by atoms with van der Waals surface area (Å²) in [5, 5.41) is 22.9. The molecule has 0 saturated carbocycles. The molecule has 0 aromatic heterocycles. The third kappa shape index (κ3) is 8.19. The van der Waals surface area contributed by atoms with Gasteiger partial charge in [-0.3, -0.25) is 34.7 Å². The fourth-order valence-corrected chi connectivity index (χ4v) is 3.44. The molecule has 0 spiro atoms. The minimum absolute atomic E-state index is 0.0409. The molecule has 1 aliphatic rings. The number of ether oxygens (including phenoxy) is 1. The first-order valence-electron chi connectivity index (χ1n) is 9.76. The van der Waals surface area contributed by atoms with Gasteiger partial charge in [-0.2, -0.15) is 0 Å². The number of nitro benzene ring substituents is 2. The van der Waals surface area contributed by atoms with Crippen LogP contribution < -0.4 is 5.32 Å². The molecule has 1 amide bonds. The van der Waals surface area contributed by atoms with Crippen LogP contribution >= 0.6 is 34.8 Å². The lowest BCUT2D eigenvalue weighted by atomic mass is 10.2. The SMILES string of the molecule is O=C(Cl)c1ccc([N+](=O)[O-])c(Cl)c1.O=C(NCCN1CCOCC1)c1ccc([N+](=O)[O-])c(Cl)c1. The van der Waals surface area contributed by atoms with E-state index in [0.717, 1.165) is 31.8 Å². The molecule has 34 heavy (non-hydrogen) atoms. The lowest BCUT2D eigenvalue weighted by Gasteiger charge is -2.26. The highest BCUT2D eigenvalue weighted by Gasteiger charge is 2.16. The van der Waals surface area contributed by atoms with Crippen LogP contribution in [0.4, 0.5) is 11.4 Å². The van der Waals surface area contributed by atoms with Crippen molar-refractivity contribution in [3.8, 4) is 0 Å². The van der Waals surface area contributed by atoms with Crippen molar-refractivity contribution in [2.45, 2.75) is 0 Å². The van der Waals surface area contributed by atoms with Crippen molar-refractivity contribution >= 4 is 57.3 Å². The van der Waals surface area contributed by atoms with Crippen LogP contribution in [0.3, 0.4) is 0 Å². The Morgan fingerprint density at radius 3 is 1.91 bits per heavy atom. The highest BCUT2D eigenvalue weighted by atomic mass is 35.5. The van der Waals surface area contributed by atoms with E-state index in [1.807, 2.05) is 0 Å². The highest BCUT2D eigenvalue weighted by molar-refractivity contribution is 6.67. The zero-order valence-electron chi connectivity index (χ0n) is 17.5. The minimum atomic E-state index is -0.697. The first-order chi connectivity index (χ1) is 16.1. The first kappa shape index (κ1) is 27.4. The van der Waals surface area contributed by atoms with E-state index in [4.69, 9.17) is 39.5 Å². The second-order valence-electron chi connectivity index (χ2n) is 6.83. The number of nitro groups is 2. The van der Waals surface area contributed by atoms with E-state index < -0.39 is 15.1 Å².